The molecule has 2 N–H and O–H groups in total. The highest BCUT2D eigenvalue weighted by Gasteiger charge is 2.36. The number of carbonyl (C=O) groups excluding carboxylic acids is 1. The third-order valence-corrected chi connectivity index (χ3v) is 2.23. The molecular weight excluding hydrogens is 156 g/mol. The Bertz CT molecular complexity index is 164. The van der Waals surface area contributed by atoms with Gasteiger partial charge in [0.1, 0.15) is 0 Å². The van der Waals surface area contributed by atoms with Gasteiger partial charge in [-0.15, -0.1) is 0 Å². The van der Waals surface area contributed by atoms with Crippen LogP contribution < -0.4 is 10.8 Å². The van der Waals surface area contributed by atoms with Gasteiger partial charge in [-0.3, -0.25) is 9.63 Å². The molecule has 0 radical (unpaired) electrons. The molecule has 1 unspecified atom stereocenters. The summed E-state index contributed by atoms with van der Waals surface area (Å²) in [5.41, 5.74) is 2.15. The number of amides is 1. The van der Waals surface area contributed by atoms with Crippen LogP contribution in [0.5, 0.6) is 0 Å². The van der Waals surface area contributed by atoms with Crippen molar-refractivity contribution in [2.24, 2.45) is 5.41 Å². The van der Waals surface area contributed by atoms with Crippen LogP contribution in [0.4, 0.5) is 0 Å². The Hall–Kier alpha value is -0.610. The first-order valence-electron chi connectivity index (χ1n) is 4.32. The third-order valence-electron chi connectivity index (χ3n) is 2.23. The standard InChI is InChI=1S/C8H16N2O2/c1-3-12-10-7(11)8(2)4-5-9-6-8/h9H,3-6H2,1-2H3,(H,10,11). The summed E-state index contributed by atoms with van der Waals surface area (Å²) >= 11 is 0. The molecule has 1 fully saturated rings. The fourth-order valence-electron chi connectivity index (χ4n) is 1.27. The van der Waals surface area contributed by atoms with Crippen LogP contribution >= 0.6 is 0 Å². The predicted molar refractivity (Wildman–Crippen MR) is 45.4 cm³/mol. The lowest BCUT2D eigenvalue weighted by Crippen LogP contribution is -2.40. The summed E-state index contributed by atoms with van der Waals surface area (Å²) in [4.78, 5) is 16.3. The van der Waals surface area contributed by atoms with E-state index in [4.69, 9.17) is 4.84 Å². The molecule has 1 rings (SSSR count). The first-order chi connectivity index (χ1) is 5.69. The van der Waals surface area contributed by atoms with Crippen molar-refractivity contribution in [1.82, 2.24) is 10.8 Å². The van der Waals surface area contributed by atoms with Gasteiger partial charge in [0.2, 0.25) is 0 Å². The van der Waals surface area contributed by atoms with E-state index in [9.17, 15) is 4.79 Å². The van der Waals surface area contributed by atoms with E-state index in [-0.39, 0.29) is 11.3 Å². The van der Waals surface area contributed by atoms with Crippen molar-refractivity contribution >= 4 is 5.91 Å². The summed E-state index contributed by atoms with van der Waals surface area (Å²) in [6.45, 7) is 5.95. The highest BCUT2D eigenvalue weighted by atomic mass is 16.6. The molecule has 1 heterocycles. The number of rotatable bonds is 3. The molecule has 1 aliphatic rings. The molecule has 4 nitrogen and oxygen atoms in total. The summed E-state index contributed by atoms with van der Waals surface area (Å²) in [6, 6.07) is 0. The molecule has 0 aromatic heterocycles. The first kappa shape index (κ1) is 9.48. The lowest BCUT2D eigenvalue weighted by atomic mass is 9.89. The highest BCUT2D eigenvalue weighted by Crippen LogP contribution is 2.24. The highest BCUT2D eigenvalue weighted by molar-refractivity contribution is 5.81. The maximum absolute atomic E-state index is 11.4. The molecule has 12 heavy (non-hydrogen) atoms. The molecule has 1 saturated heterocycles. The van der Waals surface area contributed by atoms with Crippen LogP contribution in [0.1, 0.15) is 20.3 Å². The summed E-state index contributed by atoms with van der Waals surface area (Å²) in [6.07, 6.45) is 0.881. The molecule has 0 saturated carbocycles. The van der Waals surface area contributed by atoms with Gasteiger partial charge in [-0.1, -0.05) is 0 Å². The van der Waals surface area contributed by atoms with Crippen molar-refractivity contribution in [1.29, 1.82) is 0 Å². The van der Waals surface area contributed by atoms with Gasteiger partial charge in [0.05, 0.1) is 12.0 Å². The van der Waals surface area contributed by atoms with Gasteiger partial charge in [0.15, 0.2) is 0 Å². The molecule has 0 spiro atoms. The topological polar surface area (TPSA) is 50.4 Å². The zero-order chi connectivity index (χ0) is 9.03. The quantitative estimate of drug-likeness (QED) is 0.592. The Balaban J connectivity index is 2.39. The third kappa shape index (κ3) is 1.95. The molecule has 4 heteroatoms. The Morgan fingerprint density at radius 3 is 3.00 bits per heavy atom. The molecule has 0 aliphatic carbocycles. The van der Waals surface area contributed by atoms with Gasteiger partial charge in [0.25, 0.3) is 5.91 Å². The Kier molecular flexibility index (Phi) is 3.05. The average molecular weight is 172 g/mol. The van der Waals surface area contributed by atoms with Crippen LogP contribution in [0, 0.1) is 5.41 Å². The van der Waals surface area contributed by atoms with E-state index >= 15 is 0 Å². The minimum atomic E-state index is -0.283. The van der Waals surface area contributed by atoms with Crippen molar-refractivity contribution in [2.75, 3.05) is 19.7 Å². The average Bonchev–Trinajstić information content (AvgIpc) is 2.49. The number of hydrogen-bond donors (Lipinski definition) is 2. The molecule has 70 valence electrons. The van der Waals surface area contributed by atoms with E-state index in [1.807, 2.05) is 13.8 Å². The maximum atomic E-state index is 11.4. The molecule has 1 atom stereocenters. The lowest BCUT2D eigenvalue weighted by Gasteiger charge is -2.20. The van der Waals surface area contributed by atoms with Gasteiger partial charge >= 0.3 is 0 Å². The van der Waals surface area contributed by atoms with Crippen LogP contribution in [-0.2, 0) is 9.63 Å². The van der Waals surface area contributed by atoms with E-state index in [1.54, 1.807) is 0 Å². The summed E-state index contributed by atoms with van der Waals surface area (Å²) in [5, 5.41) is 3.15. The Morgan fingerprint density at radius 2 is 2.50 bits per heavy atom. The van der Waals surface area contributed by atoms with Crippen molar-refractivity contribution in [3.8, 4) is 0 Å². The largest absolute Gasteiger partial charge is 0.316 e. The number of hydroxylamine groups is 1. The van der Waals surface area contributed by atoms with E-state index < -0.39 is 0 Å². The van der Waals surface area contributed by atoms with E-state index in [2.05, 4.69) is 10.8 Å². The van der Waals surface area contributed by atoms with Crippen molar-refractivity contribution < 1.29 is 9.63 Å². The van der Waals surface area contributed by atoms with Gasteiger partial charge in [-0.2, -0.15) is 0 Å². The fraction of sp³-hybridized carbons (Fsp3) is 0.875. The summed E-state index contributed by atoms with van der Waals surface area (Å²) in [5.74, 6) is -0.0191. The monoisotopic (exact) mass is 172 g/mol. The van der Waals surface area contributed by atoms with Crippen LogP contribution in [-0.4, -0.2) is 25.6 Å². The number of carbonyl (C=O) groups is 1. The van der Waals surface area contributed by atoms with E-state index in [0.29, 0.717) is 6.61 Å². The Labute approximate surface area is 72.6 Å². The minimum absolute atomic E-state index is 0.0191. The van der Waals surface area contributed by atoms with Crippen molar-refractivity contribution in [3.63, 3.8) is 0 Å². The first-order valence-corrected chi connectivity index (χ1v) is 4.32. The minimum Gasteiger partial charge on any atom is -0.316 e. The zero-order valence-electron chi connectivity index (χ0n) is 7.64. The van der Waals surface area contributed by atoms with Gasteiger partial charge in [-0.25, -0.2) is 5.48 Å². The molecule has 0 aromatic rings. The normalized spacial score (nSPS) is 28.8. The van der Waals surface area contributed by atoms with Gasteiger partial charge < -0.3 is 5.32 Å². The smallest absolute Gasteiger partial charge is 0.250 e. The summed E-state index contributed by atoms with van der Waals surface area (Å²) < 4.78 is 0. The van der Waals surface area contributed by atoms with E-state index in [1.165, 1.54) is 0 Å². The van der Waals surface area contributed by atoms with Gasteiger partial charge in [-0.05, 0) is 26.8 Å². The number of hydrogen-bond acceptors (Lipinski definition) is 3. The molecule has 1 amide bonds. The maximum Gasteiger partial charge on any atom is 0.250 e. The second kappa shape index (κ2) is 3.87. The van der Waals surface area contributed by atoms with Crippen molar-refractivity contribution in [2.45, 2.75) is 20.3 Å². The zero-order valence-corrected chi connectivity index (χ0v) is 7.64. The number of nitrogens with one attached hydrogen (secondary N) is 2. The second-order valence-corrected chi connectivity index (χ2v) is 3.35. The second-order valence-electron chi connectivity index (χ2n) is 3.35. The molecule has 0 aromatic carbocycles. The van der Waals surface area contributed by atoms with Crippen molar-refractivity contribution in [3.05, 3.63) is 0 Å². The lowest BCUT2D eigenvalue weighted by molar-refractivity contribution is -0.142. The summed E-state index contributed by atoms with van der Waals surface area (Å²) in [7, 11) is 0. The SMILES string of the molecule is CCONC(=O)C1(C)CCNC1. The predicted octanol–water partition coefficient (Wildman–Crippen LogP) is 0.0537. The van der Waals surface area contributed by atoms with Gasteiger partial charge in [0, 0.05) is 6.54 Å². The molecule has 0 bridgehead atoms. The Morgan fingerprint density at radius 1 is 1.75 bits per heavy atom. The fourth-order valence-corrected chi connectivity index (χ4v) is 1.27. The molecule has 1 aliphatic heterocycles. The molecular formula is C8H16N2O2. The van der Waals surface area contributed by atoms with E-state index in [0.717, 1.165) is 19.5 Å². The van der Waals surface area contributed by atoms with Crippen LogP contribution in [0.15, 0.2) is 0 Å². The van der Waals surface area contributed by atoms with Crippen LogP contribution in [0.3, 0.4) is 0 Å². The van der Waals surface area contributed by atoms with Crippen LogP contribution in [0.25, 0.3) is 0 Å². The van der Waals surface area contributed by atoms with Crippen LogP contribution in [0.2, 0.25) is 0 Å².